The highest BCUT2D eigenvalue weighted by Gasteiger charge is 2.21. The standard InChI is InChI=1S/C19H31NO/c1-4-16-9-11-18(12-10-16)21-19-8-6-5-7-17(19)14-20-13-15(2)3/h5-8,15-16,18,20H,4,9-14H2,1-3H3. The Balaban J connectivity index is 1.87. The fourth-order valence-electron chi connectivity index (χ4n) is 3.10. The molecule has 2 rings (SSSR count). The third kappa shape index (κ3) is 5.35. The third-order valence-electron chi connectivity index (χ3n) is 4.51. The Bertz CT molecular complexity index is 408. The Morgan fingerprint density at radius 2 is 1.86 bits per heavy atom. The first-order valence-electron chi connectivity index (χ1n) is 8.64. The molecular weight excluding hydrogens is 258 g/mol. The molecule has 0 atom stereocenters. The van der Waals surface area contributed by atoms with E-state index in [2.05, 4.69) is 50.4 Å². The summed E-state index contributed by atoms with van der Waals surface area (Å²) in [6, 6.07) is 8.49. The van der Waals surface area contributed by atoms with E-state index in [1.807, 2.05) is 0 Å². The molecule has 0 radical (unpaired) electrons. The van der Waals surface area contributed by atoms with Crippen molar-refractivity contribution in [3.05, 3.63) is 29.8 Å². The fourth-order valence-corrected chi connectivity index (χ4v) is 3.10. The van der Waals surface area contributed by atoms with Gasteiger partial charge in [-0.05, 0) is 50.1 Å². The lowest BCUT2D eigenvalue weighted by molar-refractivity contribution is 0.128. The maximum Gasteiger partial charge on any atom is 0.124 e. The Labute approximate surface area is 130 Å². The van der Waals surface area contributed by atoms with E-state index in [1.165, 1.54) is 37.7 Å². The summed E-state index contributed by atoms with van der Waals surface area (Å²) in [5.41, 5.74) is 1.29. The first-order valence-corrected chi connectivity index (χ1v) is 8.64. The van der Waals surface area contributed by atoms with Gasteiger partial charge in [0, 0.05) is 12.1 Å². The molecule has 0 heterocycles. The Hall–Kier alpha value is -1.02. The van der Waals surface area contributed by atoms with E-state index in [0.717, 1.165) is 24.8 Å². The maximum absolute atomic E-state index is 6.30. The number of hydrogen-bond donors (Lipinski definition) is 1. The van der Waals surface area contributed by atoms with Gasteiger partial charge in [0.05, 0.1) is 6.10 Å². The topological polar surface area (TPSA) is 21.3 Å². The molecule has 0 saturated heterocycles. The SMILES string of the molecule is CCC1CCC(Oc2ccccc2CNCC(C)C)CC1. The van der Waals surface area contributed by atoms with Crippen LogP contribution >= 0.6 is 0 Å². The van der Waals surface area contributed by atoms with Gasteiger partial charge in [-0.3, -0.25) is 0 Å². The molecule has 1 N–H and O–H groups in total. The Kier molecular flexibility index (Phi) is 6.56. The molecule has 2 nitrogen and oxygen atoms in total. The van der Waals surface area contributed by atoms with Crippen LogP contribution in [0, 0.1) is 11.8 Å². The minimum absolute atomic E-state index is 0.416. The summed E-state index contributed by atoms with van der Waals surface area (Å²) in [6.45, 7) is 8.74. The molecule has 0 bridgehead atoms. The molecule has 1 aromatic carbocycles. The number of hydrogen-bond acceptors (Lipinski definition) is 2. The quantitative estimate of drug-likeness (QED) is 0.780. The summed E-state index contributed by atoms with van der Waals surface area (Å²) >= 11 is 0. The molecule has 1 fully saturated rings. The third-order valence-corrected chi connectivity index (χ3v) is 4.51. The normalized spacial score (nSPS) is 22.5. The molecule has 1 aliphatic rings. The van der Waals surface area contributed by atoms with Gasteiger partial charge >= 0.3 is 0 Å². The zero-order valence-corrected chi connectivity index (χ0v) is 13.9. The molecule has 21 heavy (non-hydrogen) atoms. The van der Waals surface area contributed by atoms with Gasteiger partial charge in [-0.2, -0.15) is 0 Å². The average molecular weight is 289 g/mol. The van der Waals surface area contributed by atoms with E-state index in [4.69, 9.17) is 4.74 Å². The number of rotatable bonds is 7. The van der Waals surface area contributed by atoms with Crippen LogP contribution in [0.25, 0.3) is 0 Å². The van der Waals surface area contributed by atoms with Gasteiger partial charge in [0.1, 0.15) is 5.75 Å². The highest BCUT2D eigenvalue weighted by molar-refractivity contribution is 5.33. The second kappa shape index (κ2) is 8.43. The van der Waals surface area contributed by atoms with Gasteiger partial charge in [0.15, 0.2) is 0 Å². The highest BCUT2D eigenvalue weighted by atomic mass is 16.5. The lowest BCUT2D eigenvalue weighted by Gasteiger charge is -2.29. The minimum atomic E-state index is 0.416. The van der Waals surface area contributed by atoms with E-state index < -0.39 is 0 Å². The average Bonchev–Trinajstić information content (AvgIpc) is 2.49. The second-order valence-corrected chi connectivity index (χ2v) is 6.80. The maximum atomic E-state index is 6.30. The number of benzene rings is 1. The molecule has 1 aliphatic carbocycles. The number of para-hydroxylation sites is 1. The molecule has 0 aromatic heterocycles. The number of nitrogens with one attached hydrogen (secondary N) is 1. The van der Waals surface area contributed by atoms with Gasteiger partial charge < -0.3 is 10.1 Å². The fraction of sp³-hybridized carbons (Fsp3) is 0.684. The van der Waals surface area contributed by atoms with Gasteiger partial charge in [0.25, 0.3) is 0 Å². The second-order valence-electron chi connectivity index (χ2n) is 6.80. The summed E-state index contributed by atoms with van der Waals surface area (Å²) in [6.07, 6.45) is 6.82. The van der Waals surface area contributed by atoms with E-state index in [-0.39, 0.29) is 0 Å². The van der Waals surface area contributed by atoms with E-state index >= 15 is 0 Å². The summed E-state index contributed by atoms with van der Waals surface area (Å²) in [7, 11) is 0. The van der Waals surface area contributed by atoms with Crippen molar-refractivity contribution in [3.63, 3.8) is 0 Å². The van der Waals surface area contributed by atoms with E-state index in [1.54, 1.807) is 0 Å². The van der Waals surface area contributed by atoms with Crippen molar-refractivity contribution in [1.29, 1.82) is 0 Å². The number of ether oxygens (including phenoxy) is 1. The van der Waals surface area contributed by atoms with Crippen molar-refractivity contribution >= 4 is 0 Å². The van der Waals surface area contributed by atoms with E-state index in [9.17, 15) is 0 Å². The van der Waals surface area contributed by atoms with Crippen LogP contribution in [0.4, 0.5) is 0 Å². The van der Waals surface area contributed by atoms with Crippen molar-refractivity contribution < 1.29 is 4.74 Å². The summed E-state index contributed by atoms with van der Waals surface area (Å²) < 4.78 is 6.30. The molecule has 0 aliphatic heterocycles. The van der Waals surface area contributed by atoms with Crippen LogP contribution in [0.2, 0.25) is 0 Å². The van der Waals surface area contributed by atoms with Crippen LogP contribution in [-0.2, 0) is 6.54 Å². The van der Waals surface area contributed by atoms with Crippen LogP contribution < -0.4 is 10.1 Å². The predicted molar refractivity (Wildman–Crippen MR) is 89.7 cm³/mol. The lowest BCUT2D eigenvalue weighted by Crippen LogP contribution is -2.25. The Morgan fingerprint density at radius 3 is 2.52 bits per heavy atom. The van der Waals surface area contributed by atoms with Crippen LogP contribution in [0.1, 0.15) is 58.4 Å². The summed E-state index contributed by atoms with van der Waals surface area (Å²) in [4.78, 5) is 0. The molecule has 0 unspecified atom stereocenters. The summed E-state index contributed by atoms with van der Waals surface area (Å²) in [5.74, 6) is 2.68. The van der Waals surface area contributed by atoms with Crippen LogP contribution in [0.15, 0.2) is 24.3 Å². The van der Waals surface area contributed by atoms with Gasteiger partial charge in [-0.15, -0.1) is 0 Å². The molecule has 2 heteroatoms. The van der Waals surface area contributed by atoms with Crippen molar-refractivity contribution in [2.45, 2.75) is 65.5 Å². The molecule has 1 aromatic rings. The lowest BCUT2D eigenvalue weighted by atomic mass is 9.86. The minimum Gasteiger partial charge on any atom is -0.490 e. The van der Waals surface area contributed by atoms with Crippen molar-refractivity contribution in [2.75, 3.05) is 6.54 Å². The first kappa shape index (κ1) is 16.4. The van der Waals surface area contributed by atoms with Gasteiger partial charge in [-0.25, -0.2) is 0 Å². The van der Waals surface area contributed by atoms with E-state index in [0.29, 0.717) is 12.0 Å². The zero-order valence-electron chi connectivity index (χ0n) is 13.9. The predicted octanol–water partition coefficient (Wildman–Crippen LogP) is 4.78. The van der Waals surface area contributed by atoms with Crippen molar-refractivity contribution in [3.8, 4) is 5.75 Å². The van der Waals surface area contributed by atoms with Crippen LogP contribution in [-0.4, -0.2) is 12.6 Å². The first-order chi connectivity index (χ1) is 10.2. The molecule has 0 spiro atoms. The monoisotopic (exact) mass is 289 g/mol. The van der Waals surface area contributed by atoms with Crippen LogP contribution in [0.3, 0.4) is 0 Å². The van der Waals surface area contributed by atoms with Crippen molar-refractivity contribution in [2.24, 2.45) is 11.8 Å². The molecule has 0 amide bonds. The van der Waals surface area contributed by atoms with Gasteiger partial charge in [-0.1, -0.05) is 45.4 Å². The zero-order chi connectivity index (χ0) is 15.1. The van der Waals surface area contributed by atoms with Gasteiger partial charge in [0.2, 0.25) is 0 Å². The smallest absolute Gasteiger partial charge is 0.124 e. The van der Waals surface area contributed by atoms with Crippen LogP contribution in [0.5, 0.6) is 5.75 Å². The highest BCUT2D eigenvalue weighted by Crippen LogP contribution is 2.30. The summed E-state index contributed by atoms with van der Waals surface area (Å²) in [5, 5.41) is 3.51. The molecular formula is C19H31NO. The largest absolute Gasteiger partial charge is 0.490 e. The Morgan fingerprint density at radius 1 is 1.14 bits per heavy atom. The van der Waals surface area contributed by atoms with Crippen molar-refractivity contribution in [1.82, 2.24) is 5.32 Å². The molecule has 1 saturated carbocycles. The molecule has 118 valence electrons.